The highest BCUT2D eigenvalue weighted by Gasteiger charge is 2.20. The van der Waals surface area contributed by atoms with Gasteiger partial charge in [0.25, 0.3) is 9.05 Å². The highest BCUT2D eigenvalue weighted by molar-refractivity contribution is 8.13. The zero-order valence-corrected chi connectivity index (χ0v) is 13.2. The minimum Gasteiger partial charge on any atom is -0.496 e. The molecule has 1 aromatic rings. The molecule has 1 atom stereocenters. The average Bonchev–Trinajstić information content (AvgIpc) is 2.36. The van der Waals surface area contributed by atoms with E-state index in [1.165, 1.54) is 32.2 Å². The van der Waals surface area contributed by atoms with Crippen molar-refractivity contribution in [3.05, 3.63) is 23.8 Å². The number of halogens is 1. The highest BCUT2D eigenvalue weighted by Crippen LogP contribution is 2.31. The van der Waals surface area contributed by atoms with Gasteiger partial charge in [0, 0.05) is 23.2 Å². The second-order valence-corrected chi connectivity index (χ2v) is 6.95. The molecule has 0 fully saturated rings. The Kier molecular flexibility index (Phi) is 5.83. The first-order valence-corrected chi connectivity index (χ1v) is 8.50. The summed E-state index contributed by atoms with van der Waals surface area (Å²) in [6.07, 6.45) is 1.49. The number of methoxy groups -OCH3 is 1. The van der Waals surface area contributed by atoms with E-state index in [9.17, 15) is 13.2 Å². The molecule has 0 aliphatic carbocycles. The number of hydrogen-bond donors (Lipinski definition) is 1. The van der Waals surface area contributed by atoms with E-state index in [1.807, 2.05) is 6.92 Å². The molecule has 112 valence electrons. The molecule has 0 bridgehead atoms. The lowest BCUT2D eigenvalue weighted by Crippen LogP contribution is -2.26. The molecule has 1 aromatic carbocycles. The second kappa shape index (κ2) is 6.95. The summed E-state index contributed by atoms with van der Waals surface area (Å²) in [6, 6.07) is 4.04. The largest absolute Gasteiger partial charge is 0.496 e. The Labute approximate surface area is 123 Å². The molecular weight excluding hydrogens is 302 g/mol. The van der Waals surface area contributed by atoms with E-state index in [0.29, 0.717) is 17.7 Å². The monoisotopic (exact) mass is 319 g/mol. The molecule has 0 heterocycles. The van der Waals surface area contributed by atoms with E-state index >= 15 is 0 Å². The molecule has 0 saturated carbocycles. The van der Waals surface area contributed by atoms with Gasteiger partial charge in [0.05, 0.1) is 18.0 Å². The molecule has 1 rings (SSSR count). The molecule has 1 unspecified atom stereocenters. The minimum absolute atomic E-state index is 0.0126. The van der Waals surface area contributed by atoms with Gasteiger partial charge in [0.1, 0.15) is 5.75 Å². The Morgan fingerprint density at radius 1 is 1.45 bits per heavy atom. The van der Waals surface area contributed by atoms with Crippen LogP contribution in [0.3, 0.4) is 0 Å². The number of carbonyl (C=O) groups is 1. The molecule has 20 heavy (non-hydrogen) atoms. The third-order valence-corrected chi connectivity index (χ3v) is 4.16. The van der Waals surface area contributed by atoms with Gasteiger partial charge in [-0.2, -0.15) is 0 Å². The van der Waals surface area contributed by atoms with Crippen molar-refractivity contribution in [3.63, 3.8) is 0 Å². The summed E-state index contributed by atoms with van der Waals surface area (Å²) in [4.78, 5) is 11.3. The van der Waals surface area contributed by atoms with Crippen LogP contribution in [-0.2, 0) is 13.8 Å². The fourth-order valence-electron chi connectivity index (χ4n) is 1.98. The lowest BCUT2D eigenvalue weighted by atomic mass is 10.0. The topological polar surface area (TPSA) is 72.5 Å². The van der Waals surface area contributed by atoms with Gasteiger partial charge in [-0.05, 0) is 24.6 Å². The molecule has 7 heteroatoms. The number of benzene rings is 1. The Morgan fingerprint density at radius 3 is 2.55 bits per heavy atom. The Morgan fingerprint density at radius 2 is 2.10 bits per heavy atom. The van der Waals surface area contributed by atoms with Crippen molar-refractivity contribution >= 4 is 25.6 Å². The van der Waals surface area contributed by atoms with Crippen molar-refractivity contribution in [1.29, 1.82) is 0 Å². The Hall–Kier alpha value is -1.27. The van der Waals surface area contributed by atoms with Crippen LogP contribution in [0.5, 0.6) is 5.75 Å². The van der Waals surface area contributed by atoms with Gasteiger partial charge in [-0.1, -0.05) is 13.3 Å². The summed E-state index contributed by atoms with van der Waals surface area (Å²) in [7, 11) is 3.02. The number of hydrogen-bond acceptors (Lipinski definition) is 4. The van der Waals surface area contributed by atoms with E-state index in [0.717, 1.165) is 6.42 Å². The van der Waals surface area contributed by atoms with Crippen molar-refractivity contribution in [2.24, 2.45) is 0 Å². The summed E-state index contributed by atoms with van der Waals surface area (Å²) in [5, 5.41) is 2.79. The van der Waals surface area contributed by atoms with Crippen molar-refractivity contribution in [2.45, 2.75) is 37.6 Å². The SMILES string of the molecule is CCCC(NC(C)=O)c1cc(S(=O)(=O)Cl)ccc1OC. The van der Waals surface area contributed by atoms with Gasteiger partial charge >= 0.3 is 0 Å². The van der Waals surface area contributed by atoms with E-state index in [2.05, 4.69) is 5.32 Å². The van der Waals surface area contributed by atoms with Gasteiger partial charge in [0.2, 0.25) is 5.91 Å². The van der Waals surface area contributed by atoms with Crippen LogP contribution in [-0.4, -0.2) is 21.4 Å². The summed E-state index contributed by atoms with van der Waals surface area (Å²) < 4.78 is 28.1. The molecule has 0 aliphatic heterocycles. The van der Waals surface area contributed by atoms with Crippen LogP contribution >= 0.6 is 10.7 Å². The fraction of sp³-hybridized carbons (Fsp3) is 0.462. The normalized spacial score (nSPS) is 12.8. The summed E-state index contributed by atoms with van der Waals surface area (Å²) in [5.41, 5.74) is 0.603. The van der Waals surface area contributed by atoms with E-state index in [4.69, 9.17) is 15.4 Å². The molecular formula is C13H18ClNO4S. The number of rotatable bonds is 6. The van der Waals surface area contributed by atoms with Gasteiger partial charge in [-0.25, -0.2) is 8.42 Å². The first-order valence-electron chi connectivity index (χ1n) is 6.19. The maximum absolute atomic E-state index is 11.4. The second-order valence-electron chi connectivity index (χ2n) is 4.38. The molecule has 0 aromatic heterocycles. The summed E-state index contributed by atoms with van der Waals surface area (Å²) >= 11 is 0. The van der Waals surface area contributed by atoms with E-state index < -0.39 is 9.05 Å². The molecule has 5 nitrogen and oxygen atoms in total. The van der Waals surface area contributed by atoms with Gasteiger partial charge < -0.3 is 10.1 Å². The average molecular weight is 320 g/mol. The van der Waals surface area contributed by atoms with Gasteiger partial charge in [-0.3, -0.25) is 4.79 Å². The lowest BCUT2D eigenvalue weighted by Gasteiger charge is -2.20. The zero-order valence-electron chi connectivity index (χ0n) is 11.6. The molecule has 0 radical (unpaired) electrons. The van der Waals surface area contributed by atoms with E-state index in [-0.39, 0.29) is 16.8 Å². The zero-order chi connectivity index (χ0) is 15.3. The van der Waals surface area contributed by atoms with Gasteiger partial charge in [-0.15, -0.1) is 0 Å². The maximum atomic E-state index is 11.4. The molecule has 0 spiro atoms. The van der Waals surface area contributed by atoms with E-state index in [1.54, 1.807) is 0 Å². The summed E-state index contributed by atoms with van der Waals surface area (Å²) in [6.45, 7) is 3.39. The standard InChI is InChI=1S/C13H18ClNO4S/c1-4-5-12(15-9(2)16)11-8-10(20(14,17)18)6-7-13(11)19-3/h6-8,12H,4-5H2,1-3H3,(H,15,16). The number of nitrogens with one attached hydrogen (secondary N) is 1. The summed E-state index contributed by atoms with van der Waals surface area (Å²) in [5.74, 6) is 0.325. The molecule has 1 N–H and O–H groups in total. The van der Waals surface area contributed by atoms with Crippen molar-refractivity contribution in [1.82, 2.24) is 5.32 Å². The first kappa shape index (κ1) is 16.8. The highest BCUT2D eigenvalue weighted by atomic mass is 35.7. The van der Waals surface area contributed by atoms with Crippen molar-refractivity contribution in [2.75, 3.05) is 7.11 Å². The predicted molar refractivity (Wildman–Crippen MR) is 77.5 cm³/mol. The fourth-order valence-corrected chi connectivity index (χ4v) is 2.76. The van der Waals surface area contributed by atoms with Crippen LogP contribution in [0.4, 0.5) is 0 Å². The number of carbonyl (C=O) groups excluding carboxylic acids is 1. The van der Waals surface area contributed by atoms with Crippen LogP contribution in [0.1, 0.15) is 38.3 Å². The maximum Gasteiger partial charge on any atom is 0.261 e. The van der Waals surface area contributed by atoms with Gasteiger partial charge in [0.15, 0.2) is 0 Å². The third kappa shape index (κ3) is 4.38. The van der Waals surface area contributed by atoms with Crippen LogP contribution < -0.4 is 10.1 Å². The Bertz CT molecular complexity index is 586. The van der Waals surface area contributed by atoms with Crippen molar-refractivity contribution in [3.8, 4) is 5.75 Å². The van der Waals surface area contributed by atoms with Crippen LogP contribution in [0.2, 0.25) is 0 Å². The van der Waals surface area contributed by atoms with Crippen LogP contribution in [0.25, 0.3) is 0 Å². The number of ether oxygens (including phenoxy) is 1. The third-order valence-electron chi connectivity index (χ3n) is 2.81. The van der Waals surface area contributed by atoms with Crippen LogP contribution in [0, 0.1) is 0 Å². The quantitative estimate of drug-likeness (QED) is 0.818. The molecule has 1 amide bonds. The molecule has 0 saturated heterocycles. The lowest BCUT2D eigenvalue weighted by molar-refractivity contribution is -0.119. The smallest absolute Gasteiger partial charge is 0.261 e. The molecule has 0 aliphatic rings. The predicted octanol–water partition coefficient (Wildman–Crippen LogP) is 2.60. The van der Waals surface area contributed by atoms with Crippen molar-refractivity contribution < 1.29 is 17.9 Å². The Balaban J connectivity index is 3.32. The first-order chi connectivity index (χ1) is 9.29. The number of amides is 1. The minimum atomic E-state index is -3.82. The van der Waals surface area contributed by atoms with Crippen LogP contribution in [0.15, 0.2) is 23.1 Å².